The first-order chi connectivity index (χ1) is 7.33. The second-order valence-corrected chi connectivity index (χ2v) is 5.06. The summed E-state index contributed by atoms with van der Waals surface area (Å²) in [6, 6.07) is 0. The van der Waals surface area contributed by atoms with Crippen molar-refractivity contribution < 1.29 is 4.79 Å². The van der Waals surface area contributed by atoms with Crippen LogP contribution in [0.15, 0.2) is 0 Å². The molecule has 88 valence electrons. The van der Waals surface area contributed by atoms with Gasteiger partial charge in [-0.1, -0.05) is 58.3 Å². The number of hydrogen-bond acceptors (Lipinski definition) is 1. The van der Waals surface area contributed by atoms with Crippen LogP contribution in [0.3, 0.4) is 0 Å². The molecule has 1 fully saturated rings. The van der Waals surface area contributed by atoms with Crippen molar-refractivity contribution in [3.8, 4) is 0 Å². The van der Waals surface area contributed by atoms with E-state index in [0.717, 1.165) is 25.2 Å². The van der Waals surface area contributed by atoms with Crippen LogP contribution < -0.4 is 0 Å². The number of hydrogen-bond donors (Lipinski definition) is 0. The van der Waals surface area contributed by atoms with Gasteiger partial charge >= 0.3 is 0 Å². The van der Waals surface area contributed by atoms with Crippen molar-refractivity contribution in [2.24, 2.45) is 5.92 Å². The molecule has 0 bridgehead atoms. The third-order valence-corrected chi connectivity index (χ3v) is 3.55. The van der Waals surface area contributed by atoms with Crippen molar-refractivity contribution in [3.05, 3.63) is 0 Å². The van der Waals surface area contributed by atoms with Crippen LogP contribution in [0.1, 0.15) is 77.6 Å². The molecule has 0 saturated heterocycles. The minimum absolute atomic E-state index is 0.523. The van der Waals surface area contributed by atoms with Gasteiger partial charge in [0.2, 0.25) is 0 Å². The van der Waals surface area contributed by atoms with E-state index in [-0.39, 0.29) is 0 Å². The van der Waals surface area contributed by atoms with E-state index in [2.05, 4.69) is 6.92 Å². The van der Waals surface area contributed by atoms with Crippen LogP contribution in [0.4, 0.5) is 0 Å². The highest BCUT2D eigenvalue weighted by molar-refractivity contribution is 5.78. The maximum Gasteiger partial charge on any atom is 0.133 e. The third-order valence-electron chi connectivity index (χ3n) is 3.55. The lowest BCUT2D eigenvalue weighted by Gasteiger charge is -2.12. The lowest BCUT2D eigenvalue weighted by Crippen LogP contribution is -2.07. The summed E-state index contributed by atoms with van der Waals surface area (Å²) in [5.74, 6) is 1.25. The fourth-order valence-corrected chi connectivity index (χ4v) is 2.56. The minimum atomic E-state index is 0.523. The molecule has 0 atom stereocenters. The van der Waals surface area contributed by atoms with Gasteiger partial charge in [-0.25, -0.2) is 0 Å². The normalized spacial score (nSPS) is 18.7. The monoisotopic (exact) mass is 210 g/mol. The highest BCUT2D eigenvalue weighted by Gasteiger charge is 2.15. The van der Waals surface area contributed by atoms with Crippen molar-refractivity contribution in [1.29, 1.82) is 0 Å². The van der Waals surface area contributed by atoms with Gasteiger partial charge in [0.15, 0.2) is 0 Å². The second-order valence-electron chi connectivity index (χ2n) is 5.06. The number of ketones is 1. The number of Topliss-reactive ketones (excluding diaryl/α,β-unsaturated/α-hetero) is 1. The molecule has 1 aliphatic rings. The van der Waals surface area contributed by atoms with Crippen molar-refractivity contribution in [1.82, 2.24) is 0 Å². The van der Waals surface area contributed by atoms with E-state index in [1.807, 2.05) is 0 Å². The Bertz CT molecular complexity index is 166. The molecule has 0 unspecified atom stereocenters. The molecular formula is C14H26O. The van der Waals surface area contributed by atoms with Gasteiger partial charge in [0.05, 0.1) is 0 Å². The zero-order valence-electron chi connectivity index (χ0n) is 10.3. The molecule has 1 heteroatoms. The number of carbonyl (C=O) groups is 1. The topological polar surface area (TPSA) is 17.1 Å². The summed E-state index contributed by atoms with van der Waals surface area (Å²) < 4.78 is 0. The van der Waals surface area contributed by atoms with Crippen molar-refractivity contribution in [2.75, 3.05) is 0 Å². The maximum atomic E-state index is 11.7. The van der Waals surface area contributed by atoms with Gasteiger partial charge in [-0.2, -0.15) is 0 Å². The Morgan fingerprint density at radius 3 is 2.33 bits per heavy atom. The molecule has 0 aromatic carbocycles. The van der Waals surface area contributed by atoms with Gasteiger partial charge in [0.25, 0.3) is 0 Å². The first-order valence-electron chi connectivity index (χ1n) is 6.84. The molecule has 1 rings (SSSR count). The predicted octanol–water partition coefficient (Wildman–Crippen LogP) is 4.50. The third kappa shape index (κ3) is 5.96. The van der Waals surface area contributed by atoms with Crippen molar-refractivity contribution >= 4 is 5.78 Å². The summed E-state index contributed by atoms with van der Waals surface area (Å²) in [6.07, 6.45) is 13.4. The summed E-state index contributed by atoms with van der Waals surface area (Å²) in [7, 11) is 0. The summed E-state index contributed by atoms with van der Waals surface area (Å²) in [5.41, 5.74) is 0. The van der Waals surface area contributed by atoms with Crippen LogP contribution in [-0.2, 0) is 4.79 Å². The van der Waals surface area contributed by atoms with Crippen LogP contribution >= 0.6 is 0 Å². The largest absolute Gasteiger partial charge is 0.300 e. The van der Waals surface area contributed by atoms with Crippen LogP contribution in [-0.4, -0.2) is 5.78 Å². The molecule has 1 nitrogen and oxygen atoms in total. The standard InChI is InChI=1S/C14H26O/c1-2-3-6-11-14(15)12-13-9-7-4-5-8-10-13/h13H,2-12H2,1H3. The molecule has 1 aliphatic carbocycles. The van der Waals surface area contributed by atoms with Gasteiger partial charge in [-0.05, 0) is 12.3 Å². The van der Waals surface area contributed by atoms with Gasteiger partial charge in [0, 0.05) is 12.8 Å². The Kier molecular flexibility index (Phi) is 6.71. The van der Waals surface area contributed by atoms with E-state index in [1.54, 1.807) is 0 Å². The molecule has 0 aromatic heterocycles. The molecular weight excluding hydrogens is 184 g/mol. The van der Waals surface area contributed by atoms with Crippen LogP contribution in [0.25, 0.3) is 0 Å². The summed E-state index contributed by atoms with van der Waals surface area (Å²) >= 11 is 0. The lowest BCUT2D eigenvalue weighted by molar-refractivity contribution is -0.120. The number of carbonyl (C=O) groups excluding carboxylic acids is 1. The van der Waals surface area contributed by atoms with E-state index in [9.17, 15) is 4.79 Å². The SMILES string of the molecule is CCCCCC(=O)CC1CCCCCC1. The van der Waals surface area contributed by atoms with Gasteiger partial charge in [-0.15, -0.1) is 0 Å². The lowest BCUT2D eigenvalue weighted by atomic mass is 9.93. The highest BCUT2D eigenvalue weighted by atomic mass is 16.1. The average molecular weight is 210 g/mol. The fraction of sp³-hybridized carbons (Fsp3) is 0.929. The quantitative estimate of drug-likeness (QED) is 0.466. The van der Waals surface area contributed by atoms with E-state index < -0.39 is 0 Å². The smallest absolute Gasteiger partial charge is 0.133 e. The van der Waals surface area contributed by atoms with Crippen LogP contribution in [0, 0.1) is 5.92 Å². The van der Waals surface area contributed by atoms with Crippen molar-refractivity contribution in [3.63, 3.8) is 0 Å². The van der Waals surface area contributed by atoms with Crippen LogP contribution in [0.5, 0.6) is 0 Å². The molecule has 0 aliphatic heterocycles. The molecule has 0 N–H and O–H groups in total. The Balaban J connectivity index is 2.12. The van der Waals surface area contributed by atoms with Crippen molar-refractivity contribution in [2.45, 2.75) is 77.6 Å². The van der Waals surface area contributed by atoms with E-state index in [0.29, 0.717) is 5.78 Å². The second kappa shape index (κ2) is 7.90. The fourth-order valence-electron chi connectivity index (χ4n) is 2.56. The number of rotatable bonds is 6. The summed E-state index contributed by atoms with van der Waals surface area (Å²) in [6.45, 7) is 2.19. The average Bonchev–Trinajstić information content (AvgIpc) is 2.47. The van der Waals surface area contributed by atoms with E-state index in [1.165, 1.54) is 51.4 Å². The van der Waals surface area contributed by atoms with E-state index >= 15 is 0 Å². The zero-order chi connectivity index (χ0) is 10.9. The Labute approximate surface area is 94.6 Å². The predicted molar refractivity (Wildman–Crippen MR) is 65.0 cm³/mol. The first kappa shape index (κ1) is 12.7. The van der Waals surface area contributed by atoms with Gasteiger partial charge < -0.3 is 0 Å². The van der Waals surface area contributed by atoms with Gasteiger partial charge in [0.1, 0.15) is 5.78 Å². The molecule has 0 aromatic rings. The molecule has 0 heterocycles. The summed E-state index contributed by atoms with van der Waals surface area (Å²) in [4.78, 5) is 11.7. The highest BCUT2D eigenvalue weighted by Crippen LogP contribution is 2.26. The number of unbranched alkanes of at least 4 members (excludes halogenated alkanes) is 2. The van der Waals surface area contributed by atoms with Crippen LogP contribution in [0.2, 0.25) is 0 Å². The molecule has 0 spiro atoms. The first-order valence-corrected chi connectivity index (χ1v) is 6.84. The maximum absolute atomic E-state index is 11.7. The Morgan fingerprint density at radius 1 is 1.07 bits per heavy atom. The molecule has 15 heavy (non-hydrogen) atoms. The van der Waals surface area contributed by atoms with E-state index in [4.69, 9.17) is 0 Å². The molecule has 0 amide bonds. The van der Waals surface area contributed by atoms with Gasteiger partial charge in [-0.3, -0.25) is 4.79 Å². The molecule has 0 radical (unpaired) electrons. The minimum Gasteiger partial charge on any atom is -0.300 e. The Hall–Kier alpha value is -0.330. The zero-order valence-corrected chi connectivity index (χ0v) is 10.3. The molecule has 1 saturated carbocycles. The summed E-state index contributed by atoms with van der Waals surface area (Å²) in [5, 5.41) is 0. The Morgan fingerprint density at radius 2 is 1.73 bits per heavy atom.